The molecule has 0 aliphatic heterocycles. The Hall–Kier alpha value is -3.77. The topological polar surface area (TPSA) is 191 Å². The van der Waals surface area contributed by atoms with Crippen LogP contribution in [0.25, 0.3) is 11.3 Å². The van der Waals surface area contributed by atoms with Crippen molar-refractivity contribution in [2.45, 2.75) is 37.7 Å². The van der Waals surface area contributed by atoms with Gasteiger partial charge >= 0.3 is 10.0 Å². The highest BCUT2D eigenvalue weighted by molar-refractivity contribution is 7.90. The van der Waals surface area contributed by atoms with Crippen molar-refractivity contribution in [2.24, 2.45) is 21.4 Å². The van der Waals surface area contributed by atoms with Gasteiger partial charge in [0.15, 0.2) is 21.6 Å². The number of halogens is 2. The van der Waals surface area contributed by atoms with Crippen LogP contribution in [0.2, 0.25) is 10.3 Å². The second kappa shape index (κ2) is 15.3. The molecule has 0 saturated heterocycles. The van der Waals surface area contributed by atoms with E-state index >= 15 is 0 Å². The summed E-state index contributed by atoms with van der Waals surface area (Å²) in [6.45, 7) is 9.62. The summed E-state index contributed by atoms with van der Waals surface area (Å²) in [6.07, 6.45) is 11.8. The van der Waals surface area contributed by atoms with Crippen molar-refractivity contribution in [3.63, 3.8) is 0 Å². The van der Waals surface area contributed by atoms with Gasteiger partial charge in [-0.1, -0.05) is 50.9 Å². The minimum absolute atomic E-state index is 0.192. The summed E-state index contributed by atoms with van der Waals surface area (Å²) in [4.78, 5) is 9.68. The molecule has 4 heterocycles. The third-order valence-electron chi connectivity index (χ3n) is 5.15. The molecule has 3 N–H and O–H groups in total. The number of hydrogen-bond acceptors (Lipinski definition) is 9. The molecule has 4 aromatic rings. The minimum Gasteiger partial charge on any atom is -0.400 e. The average Bonchev–Trinajstić information content (AvgIpc) is 3.46. The zero-order valence-electron chi connectivity index (χ0n) is 24.4. The quantitative estimate of drug-likeness (QED) is 0.158. The summed E-state index contributed by atoms with van der Waals surface area (Å²) in [6, 6.07) is 6.14. The third kappa shape index (κ3) is 9.12. The number of hydrogen-bond donors (Lipinski definition) is 2. The molecule has 4 rings (SSSR count). The normalized spacial score (nSPS) is 11.7. The van der Waals surface area contributed by atoms with Crippen molar-refractivity contribution >= 4 is 60.9 Å². The highest BCUT2D eigenvalue weighted by atomic mass is 35.5. The second-order valence-electron chi connectivity index (χ2n) is 9.66. The molecule has 18 heteroatoms. The Kier molecular flexibility index (Phi) is 12.7. The predicted octanol–water partition coefficient (Wildman–Crippen LogP) is 2.31. The molecule has 44 heavy (non-hydrogen) atoms. The van der Waals surface area contributed by atoms with E-state index in [1.54, 1.807) is 12.1 Å². The van der Waals surface area contributed by atoms with E-state index in [0.29, 0.717) is 24.9 Å². The first-order valence-electron chi connectivity index (χ1n) is 12.6. The predicted molar refractivity (Wildman–Crippen MR) is 168 cm³/mol. The molecule has 0 bridgehead atoms. The van der Waals surface area contributed by atoms with Crippen LogP contribution in [0.1, 0.15) is 39.1 Å². The molecule has 0 unspecified atom stereocenters. The van der Waals surface area contributed by atoms with Gasteiger partial charge in [-0.15, -0.1) is 17.2 Å². The number of terminal acetylenes is 2. The second-order valence-corrected chi connectivity index (χ2v) is 13.4. The lowest BCUT2D eigenvalue weighted by molar-refractivity contribution is 0.336. The number of fused-ring (bicyclic) bond motifs is 2. The number of aliphatic hydroxyl groups excluding tert-OH is 1. The van der Waals surface area contributed by atoms with E-state index in [1.807, 2.05) is 4.90 Å². The van der Waals surface area contributed by atoms with E-state index in [-0.39, 0.29) is 43.0 Å². The van der Waals surface area contributed by atoms with Gasteiger partial charge < -0.3 is 10.0 Å². The Morgan fingerprint density at radius 3 is 1.68 bits per heavy atom. The highest BCUT2D eigenvalue weighted by Crippen LogP contribution is 2.24. The first-order valence-corrected chi connectivity index (χ1v) is 16.4. The van der Waals surface area contributed by atoms with Crippen molar-refractivity contribution in [1.82, 2.24) is 34.1 Å². The third-order valence-corrected chi connectivity index (χ3v) is 8.03. The first-order chi connectivity index (χ1) is 20.6. The smallest absolute Gasteiger partial charge is 0.304 e. The summed E-state index contributed by atoms with van der Waals surface area (Å²) in [5, 5.41) is 18.8. The molecule has 0 aliphatic carbocycles. The van der Waals surface area contributed by atoms with Crippen LogP contribution >= 0.6 is 23.2 Å². The summed E-state index contributed by atoms with van der Waals surface area (Å²) >= 11 is 11.7. The molecule has 4 aromatic heterocycles. The van der Waals surface area contributed by atoms with Gasteiger partial charge in [0.1, 0.15) is 17.7 Å². The fraction of sp³-hybridized carbons (Fsp3) is 0.346. The number of imidazole rings is 2. The molecule has 0 fully saturated rings. The van der Waals surface area contributed by atoms with Gasteiger partial charge in [-0.2, -0.15) is 27.6 Å². The molecule has 0 atom stereocenters. The molecular formula is C26H31Cl2N9O5S2. The Balaban J connectivity index is 0.000000320. The molecule has 0 amide bonds. The van der Waals surface area contributed by atoms with Gasteiger partial charge in [-0.05, 0) is 47.9 Å². The van der Waals surface area contributed by atoms with Crippen molar-refractivity contribution in [3.05, 3.63) is 46.0 Å². The maximum Gasteiger partial charge on any atom is 0.304 e. The van der Waals surface area contributed by atoms with Crippen molar-refractivity contribution in [2.75, 3.05) is 20.2 Å². The number of aliphatic hydroxyl groups is 1. The monoisotopic (exact) mass is 683 g/mol. The maximum absolute atomic E-state index is 12.7. The largest absolute Gasteiger partial charge is 0.400 e. The van der Waals surface area contributed by atoms with E-state index < -0.39 is 20.0 Å². The lowest BCUT2D eigenvalue weighted by Gasteiger charge is -2.23. The van der Waals surface area contributed by atoms with Gasteiger partial charge in [0.05, 0.1) is 0 Å². The number of nitrogens with two attached hydrogens (primary N) is 1. The SMILES string of the molecule is C#Cc1ccc2nc(Cl)c(S(=O)(=O)N=CN(CC(C)C)CC(C)C)n2n1.C#Cc1ccc2nc(Cl)c(S(N)(=O)=O)n2n1.CO. The van der Waals surface area contributed by atoms with Crippen molar-refractivity contribution in [3.8, 4) is 24.7 Å². The van der Waals surface area contributed by atoms with Crippen molar-refractivity contribution < 1.29 is 21.9 Å². The Bertz CT molecular complexity index is 1950. The number of primary sulfonamides is 1. The Labute approximate surface area is 266 Å². The maximum atomic E-state index is 12.7. The van der Waals surface area contributed by atoms with Crippen LogP contribution in [0.5, 0.6) is 0 Å². The zero-order chi connectivity index (χ0) is 33.4. The average molecular weight is 685 g/mol. The molecule has 0 aliphatic rings. The van der Waals surface area contributed by atoms with Gasteiger partial charge in [-0.25, -0.2) is 23.5 Å². The highest BCUT2D eigenvalue weighted by Gasteiger charge is 2.25. The summed E-state index contributed by atoms with van der Waals surface area (Å²) < 4.78 is 53.9. The van der Waals surface area contributed by atoms with Gasteiger partial charge in [0.2, 0.25) is 10.1 Å². The number of sulfonamides is 2. The van der Waals surface area contributed by atoms with Gasteiger partial charge in [-0.3, -0.25) is 0 Å². The van der Waals surface area contributed by atoms with Crippen LogP contribution < -0.4 is 5.14 Å². The fourth-order valence-electron chi connectivity index (χ4n) is 3.67. The Morgan fingerprint density at radius 2 is 1.30 bits per heavy atom. The molecule has 0 saturated carbocycles. The van der Waals surface area contributed by atoms with Crippen LogP contribution in [0.15, 0.2) is 38.7 Å². The summed E-state index contributed by atoms with van der Waals surface area (Å²) in [7, 11) is -7.10. The Morgan fingerprint density at radius 1 is 0.886 bits per heavy atom. The first kappa shape index (κ1) is 36.4. The van der Waals surface area contributed by atoms with Crippen LogP contribution in [0.4, 0.5) is 0 Å². The van der Waals surface area contributed by atoms with Crippen LogP contribution in [0.3, 0.4) is 0 Å². The van der Waals surface area contributed by atoms with E-state index in [0.717, 1.165) is 16.1 Å². The van der Waals surface area contributed by atoms with Crippen LogP contribution in [-0.4, -0.2) is 82.6 Å². The number of aromatic nitrogens is 6. The lowest BCUT2D eigenvalue weighted by Crippen LogP contribution is -2.30. The summed E-state index contributed by atoms with van der Waals surface area (Å²) in [5.41, 5.74) is 1.07. The molecule has 236 valence electrons. The standard InChI is InChI=1S/C17H22ClN5O2S.C8H5ClN4O2S.CH4O/c1-6-14-7-8-15-20-16(18)17(23(15)21-14)26(24,25)19-11-22(9-12(2)3)10-13(4)5;1-2-5-3-4-6-11-7(9)8(13(6)12-5)16(10,14)15;1-2/h1,7-8,11-13H,9-10H2,2-5H3;1,3-4H,(H2,10,14,15);2H,1H3. The molecule has 14 nitrogen and oxygen atoms in total. The van der Waals surface area contributed by atoms with Crippen molar-refractivity contribution in [1.29, 1.82) is 0 Å². The van der Waals surface area contributed by atoms with Crippen LogP contribution in [-0.2, 0) is 20.0 Å². The van der Waals surface area contributed by atoms with E-state index in [9.17, 15) is 16.8 Å². The van der Waals surface area contributed by atoms with Gasteiger partial charge in [0.25, 0.3) is 10.0 Å². The van der Waals surface area contributed by atoms with Crippen LogP contribution in [0, 0.1) is 36.5 Å². The molecule has 0 radical (unpaired) electrons. The van der Waals surface area contributed by atoms with Gasteiger partial charge in [0, 0.05) is 20.2 Å². The van der Waals surface area contributed by atoms with E-state index in [4.69, 9.17) is 46.3 Å². The number of nitrogens with zero attached hydrogens (tertiary/aromatic N) is 8. The fourth-order valence-corrected chi connectivity index (χ4v) is 6.24. The zero-order valence-corrected chi connectivity index (χ0v) is 27.6. The minimum atomic E-state index is -4.10. The van der Waals surface area contributed by atoms with E-state index in [2.05, 4.69) is 64.1 Å². The lowest BCUT2D eigenvalue weighted by atomic mass is 10.1. The summed E-state index contributed by atoms with van der Waals surface area (Å²) in [5.74, 6) is 5.35. The molecule has 0 aromatic carbocycles. The molecular weight excluding hydrogens is 653 g/mol. The van der Waals surface area contributed by atoms with E-state index in [1.165, 1.54) is 18.5 Å². The number of rotatable bonds is 8. The molecule has 0 spiro atoms.